The number of hydrogen-bond donors (Lipinski definition) is 0. The number of carbonyl (C=O) groups excluding carboxylic acids is 1. The second kappa shape index (κ2) is 5.15. The molecule has 0 N–H and O–H groups in total. The highest BCUT2D eigenvalue weighted by Crippen LogP contribution is 2.24. The van der Waals surface area contributed by atoms with Crippen LogP contribution >= 0.6 is 15.9 Å². The van der Waals surface area contributed by atoms with E-state index in [4.69, 9.17) is 4.74 Å². The molecule has 0 saturated carbocycles. The minimum atomic E-state index is 0.204. The first-order valence-electron chi connectivity index (χ1n) is 4.45. The first-order valence-corrected chi connectivity index (χ1v) is 5.24. The zero-order valence-electron chi connectivity index (χ0n) is 8.34. The third-order valence-corrected chi connectivity index (χ3v) is 2.49. The molecule has 0 aromatic heterocycles. The van der Waals surface area contributed by atoms with Gasteiger partial charge in [0, 0.05) is 10.9 Å². The van der Waals surface area contributed by atoms with E-state index in [1.807, 2.05) is 18.2 Å². The van der Waals surface area contributed by atoms with Gasteiger partial charge in [-0.05, 0) is 31.0 Å². The van der Waals surface area contributed by atoms with Crippen LogP contribution in [0.2, 0.25) is 0 Å². The van der Waals surface area contributed by atoms with Crippen LogP contribution in [0.15, 0.2) is 22.7 Å². The molecule has 0 atom stereocenters. The fraction of sp³-hybridized carbons (Fsp3) is 0.364. The number of benzene rings is 1. The zero-order chi connectivity index (χ0) is 10.6. The largest absolute Gasteiger partial charge is 0.496 e. The Hall–Kier alpha value is -0.830. The van der Waals surface area contributed by atoms with Crippen LogP contribution in [-0.4, -0.2) is 12.9 Å². The van der Waals surface area contributed by atoms with Gasteiger partial charge in [-0.25, -0.2) is 0 Å². The normalized spacial score (nSPS) is 9.93. The molecule has 0 bridgehead atoms. The van der Waals surface area contributed by atoms with Crippen LogP contribution in [0, 0.1) is 0 Å². The van der Waals surface area contributed by atoms with Gasteiger partial charge in [0.05, 0.1) is 7.11 Å². The van der Waals surface area contributed by atoms with E-state index < -0.39 is 0 Å². The molecular weight excluding hydrogens is 244 g/mol. The number of ether oxygens (including phenoxy) is 1. The first-order chi connectivity index (χ1) is 6.63. The van der Waals surface area contributed by atoms with Crippen molar-refractivity contribution in [2.45, 2.75) is 19.8 Å². The molecule has 1 rings (SSSR count). The van der Waals surface area contributed by atoms with Crippen molar-refractivity contribution in [3.05, 3.63) is 28.2 Å². The molecule has 0 spiro atoms. The Kier molecular flexibility index (Phi) is 4.14. The number of ketones is 1. The van der Waals surface area contributed by atoms with Crippen LogP contribution in [0.5, 0.6) is 5.75 Å². The number of hydrogen-bond acceptors (Lipinski definition) is 2. The molecule has 0 amide bonds. The van der Waals surface area contributed by atoms with E-state index in [9.17, 15) is 4.79 Å². The highest BCUT2D eigenvalue weighted by molar-refractivity contribution is 9.10. The van der Waals surface area contributed by atoms with Gasteiger partial charge in [-0.1, -0.05) is 22.0 Å². The quantitative estimate of drug-likeness (QED) is 0.828. The maximum Gasteiger partial charge on any atom is 0.130 e. The van der Waals surface area contributed by atoms with Crippen LogP contribution < -0.4 is 4.74 Å². The number of methoxy groups -OCH3 is 1. The van der Waals surface area contributed by atoms with E-state index in [1.54, 1.807) is 14.0 Å². The standard InChI is InChI=1S/C11H13BrO2/c1-8(13)3-4-9-5-6-10(12)7-11(9)14-2/h5-7H,3-4H2,1-2H3. The zero-order valence-corrected chi connectivity index (χ0v) is 9.93. The number of aryl methyl sites for hydroxylation is 1. The van der Waals surface area contributed by atoms with Crippen molar-refractivity contribution in [3.63, 3.8) is 0 Å². The van der Waals surface area contributed by atoms with Crippen LogP contribution in [0.1, 0.15) is 18.9 Å². The van der Waals surface area contributed by atoms with Gasteiger partial charge in [-0.3, -0.25) is 0 Å². The summed E-state index contributed by atoms with van der Waals surface area (Å²) in [6.45, 7) is 1.60. The van der Waals surface area contributed by atoms with Crippen molar-refractivity contribution in [3.8, 4) is 5.75 Å². The molecule has 2 nitrogen and oxygen atoms in total. The Morgan fingerprint density at radius 3 is 2.79 bits per heavy atom. The average Bonchev–Trinajstić information content (AvgIpc) is 2.15. The molecular formula is C11H13BrO2. The van der Waals surface area contributed by atoms with Gasteiger partial charge in [-0.2, -0.15) is 0 Å². The summed E-state index contributed by atoms with van der Waals surface area (Å²) in [4.78, 5) is 10.8. The fourth-order valence-corrected chi connectivity index (χ4v) is 1.58. The van der Waals surface area contributed by atoms with Crippen molar-refractivity contribution < 1.29 is 9.53 Å². The molecule has 1 aromatic carbocycles. The maximum absolute atomic E-state index is 10.8. The van der Waals surface area contributed by atoms with Gasteiger partial charge in [0.2, 0.25) is 0 Å². The molecule has 0 aliphatic heterocycles. The van der Waals surface area contributed by atoms with Crippen molar-refractivity contribution >= 4 is 21.7 Å². The van der Waals surface area contributed by atoms with Gasteiger partial charge < -0.3 is 9.53 Å². The minimum absolute atomic E-state index is 0.204. The average molecular weight is 257 g/mol. The summed E-state index contributed by atoms with van der Waals surface area (Å²) >= 11 is 3.37. The minimum Gasteiger partial charge on any atom is -0.496 e. The summed E-state index contributed by atoms with van der Waals surface area (Å²) in [7, 11) is 1.64. The van der Waals surface area contributed by atoms with Crippen molar-refractivity contribution in [2.24, 2.45) is 0 Å². The van der Waals surface area contributed by atoms with Crippen LogP contribution in [0.4, 0.5) is 0 Å². The van der Waals surface area contributed by atoms with E-state index in [0.29, 0.717) is 6.42 Å². The monoisotopic (exact) mass is 256 g/mol. The molecule has 0 fully saturated rings. The number of rotatable bonds is 4. The topological polar surface area (TPSA) is 26.3 Å². The Bertz CT molecular complexity index is 334. The second-order valence-electron chi connectivity index (χ2n) is 3.16. The molecule has 0 saturated heterocycles. The number of halogens is 1. The summed E-state index contributed by atoms with van der Waals surface area (Å²) < 4.78 is 6.20. The summed E-state index contributed by atoms with van der Waals surface area (Å²) in [5, 5.41) is 0. The number of Topliss-reactive ketones (excluding diaryl/α,β-unsaturated/α-hetero) is 1. The Labute approximate surface area is 92.4 Å². The molecule has 0 aliphatic carbocycles. The lowest BCUT2D eigenvalue weighted by atomic mass is 10.1. The second-order valence-corrected chi connectivity index (χ2v) is 4.07. The molecule has 3 heteroatoms. The highest BCUT2D eigenvalue weighted by Gasteiger charge is 2.04. The van der Waals surface area contributed by atoms with E-state index >= 15 is 0 Å². The van der Waals surface area contributed by atoms with E-state index in [2.05, 4.69) is 15.9 Å². The molecule has 1 aromatic rings. The van der Waals surface area contributed by atoms with Crippen LogP contribution in [0.25, 0.3) is 0 Å². The van der Waals surface area contributed by atoms with Crippen molar-refractivity contribution in [1.82, 2.24) is 0 Å². The van der Waals surface area contributed by atoms with Crippen molar-refractivity contribution in [2.75, 3.05) is 7.11 Å². The summed E-state index contributed by atoms with van der Waals surface area (Å²) in [6, 6.07) is 5.85. The summed E-state index contributed by atoms with van der Waals surface area (Å²) in [5.41, 5.74) is 1.07. The smallest absolute Gasteiger partial charge is 0.130 e. The Morgan fingerprint density at radius 1 is 1.50 bits per heavy atom. The fourth-order valence-electron chi connectivity index (χ4n) is 1.24. The highest BCUT2D eigenvalue weighted by atomic mass is 79.9. The van der Waals surface area contributed by atoms with Gasteiger partial charge in [-0.15, -0.1) is 0 Å². The molecule has 0 radical (unpaired) electrons. The Morgan fingerprint density at radius 2 is 2.21 bits per heavy atom. The lowest BCUT2D eigenvalue weighted by molar-refractivity contribution is -0.116. The maximum atomic E-state index is 10.8. The van der Waals surface area contributed by atoms with Gasteiger partial charge >= 0.3 is 0 Å². The third kappa shape index (κ3) is 3.14. The van der Waals surface area contributed by atoms with Crippen molar-refractivity contribution in [1.29, 1.82) is 0 Å². The van der Waals surface area contributed by atoms with E-state index in [-0.39, 0.29) is 5.78 Å². The molecule has 0 heterocycles. The predicted octanol–water partition coefficient (Wildman–Crippen LogP) is 2.98. The summed E-state index contributed by atoms with van der Waals surface area (Å²) in [5.74, 6) is 1.04. The van der Waals surface area contributed by atoms with E-state index in [0.717, 1.165) is 22.2 Å². The van der Waals surface area contributed by atoms with E-state index in [1.165, 1.54) is 0 Å². The number of carbonyl (C=O) groups is 1. The van der Waals surface area contributed by atoms with Gasteiger partial charge in [0.1, 0.15) is 11.5 Å². The SMILES string of the molecule is COc1cc(Br)ccc1CCC(C)=O. The lowest BCUT2D eigenvalue weighted by Crippen LogP contribution is -1.97. The molecule has 0 aliphatic rings. The lowest BCUT2D eigenvalue weighted by Gasteiger charge is -2.07. The molecule has 14 heavy (non-hydrogen) atoms. The van der Waals surface area contributed by atoms with Gasteiger partial charge in [0.15, 0.2) is 0 Å². The molecule has 0 unspecified atom stereocenters. The first kappa shape index (κ1) is 11.2. The van der Waals surface area contributed by atoms with Crippen LogP contribution in [-0.2, 0) is 11.2 Å². The third-order valence-electron chi connectivity index (χ3n) is 2.00. The predicted molar refractivity (Wildman–Crippen MR) is 59.7 cm³/mol. The Balaban J connectivity index is 2.80. The van der Waals surface area contributed by atoms with Gasteiger partial charge in [0.25, 0.3) is 0 Å². The summed E-state index contributed by atoms with van der Waals surface area (Å²) in [6.07, 6.45) is 1.31. The van der Waals surface area contributed by atoms with Crippen LogP contribution in [0.3, 0.4) is 0 Å². The molecule has 76 valence electrons.